The summed E-state index contributed by atoms with van der Waals surface area (Å²) in [5, 5.41) is 17.7. The molecule has 1 fully saturated rings. The first-order chi connectivity index (χ1) is 13.1. The molecular formula is C21H21N3O3. The van der Waals surface area contributed by atoms with Crippen LogP contribution in [0.2, 0.25) is 0 Å². The summed E-state index contributed by atoms with van der Waals surface area (Å²) >= 11 is 0. The summed E-state index contributed by atoms with van der Waals surface area (Å²) in [6.45, 7) is 0.832. The number of benzene rings is 2. The van der Waals surface area contributed by atoms with Crippen molar-refractivity contribution in [3.8, 4) is 0 Å². The standard InChI is InChI=1S/C21H21N3O3/c25-19(18-16-8-4-5-9-17(16)22-23-18)24-12-10-21(11-13-24,20(26)27)14-15-6-2-1-3-7-15/h1-9H,10-14H2,(H,22,23)(H,26,27). The van der Waals surface area contributed by atoms with Crippen LogP contribution in [0.3, 0.4) is 0 Å². The molecule has 27 heavy (non-hydrogen) atoms. The van der Waals surface area contributed by atoms with Gasteiger partial charge < -0.3 is 10.0 Å². The topological polar surface area (TPSA) is 86.3 Å². The summed E-state index contributed by atoms with van der Waals surface area (Å²) in [4.78, 5) is 26.7. The second kappa shape index (κ2) is 6.87. The lowest BCUT2D eigenvalue weighted by atomic mass is 9.74. The largest absolute Gasteiger partial charge is 0.481 e. The van der Waals surface area contributed by atoms with E-state index in [1.54, 1.807) is 4.90 Å². The van der Waals surface area contributed by atoms with Gasteiger partial charge in [-0.15, -0.1) is 0 Å². The summed E-state index contributed by atoms with van der Waals surface area (Å²) in [5.41, 5.74) is 1.41. The molecule has 0 bridgehead atoms. The zero-order chi connectivity index (χ0) is 18.9. The van der Waals surface area contributed by atoms with Crippen LogP contribution in [0.1, 0.15) is 28.9 Å². The molecule has 0 spiro atoms. The van der Waals surface area contributed by atoms with E-state index in [0.717, 1.165) is 16.5 Å². The SMILES string of the molecule is O=C(c1n[nH]c2ccccc12)N1CCC(Cc2ccccc2)(C(=O)O)CC1. The van der Waals surface area contributed by atoms with Crippen molar-refractivity contribution in [3.63, 3.8) is 0 Å². The lowest BCUT2D eigenvalue weighted by Crippen LogP contribution is -2.47. The average Bonchev–Trinajstić information content (AvgIpc) is 3.13. The molecular weight excluding hydrogens is 342 g/mol. The third kappa shape index (κ3) is 3.18. The van der Waals surface area contributed by atoms with E-state index in [-0.39, 0.29) is 5.91 Å². The second-order valence-electron chi connectivity index (χ2n) is 7.16. The van der Waals surface area contributed by atoms with Crippen molar-refractivity contribution >= 4 is 22.8 Å². The molecule has 1 amide bonds. The van der Waals surface area contributed by atoms with E-state index in [2.05, 4.69) is 10.2 Å². The molecule has 2 aromatic carbocycles. The van der Waals surface area contributed by atoms with Gasteiger partial charge in [-0.25, -0.2) is 0 Å². The molecule has 0 unspecified atom stereocenters. The van der Waals surface area contributed by atoms with Crippen LogP contribution in [0.25, 0.3) is 10.9 Å². The number of carbonyl (C=O) groups excluding carboxylic acids is 1. The Morgan fingerprint density at radius 2 is 1.70 bits per heavy atom. The number of fused-ring (bicyclic) bond motifs is 1. The lowest BCUT2D eigenvalue weighted by Gasteiger charge is -2.38. The number of amides is 1. The quantitative estimate of drug-likeness (QED) is 0.746. The number of carbonyl (C=O) groups is 2. The monoisotopic (exact) mass is 363 g/mol. The minimum absolute atomic E-state index is 0.147. The molecule has 0 saturated carbocycles. The third-order valence-corrected chi connectivity index (χ3v) is 5.52. The number of rotatable bonds is 4. The van der Waals surface area contributed by atoms with E-state index in [9.17, 15) is 14.7 Å². The van der Waals surface area contributed by atoms with Crippen LogP contribution in [-0.2, 0) is 11.2 Å². The van der Waals surface area contributed by atoms with Gasteiger partial charge in [-0.1, -0.05) is 48.5 Å². The molecule has 2 heterocycles. The molecule has 6 heteroatoms. The molecule has 0 aliphatic carbocycles. The maximum atomic E-state index is 12.9. The highest BCUT2D eigenvalue weighted by atomic mass is 16.4. The summed E-state index contributed by atoms with van der Waals surface area (Å²) < 4.78 is 0. The first kappa shape index (κ1) is 17.3. The number of nitrogens with zero attached hydrogens (tertiary/aromatic N) is 2. The number of carboxylic acids is 1. The van der Waals surface area contributed by atoms with Gasteiger partial charge >= 0.3 is 5.97 Å². The number of H-pyrrole nitrogens is 1. The normalized spacial score (nSPS) is 16.4. The highest BCUT2D eigenvalue weighted by molar-refractivity contribution is 6.04. The minimum Gasteiger partial charge on any atom is -0.481 e. The van der Waals surface area contributed by atoms with Gasteiger partial charge in [-0.3, -0.25) is 14.7 Å². The van der Waals surface area contributed by atoms with Gasteiger partial charge in [0.25, 0.3) is 5.91 Å². The fraction of sp³-hybridized carbons (Fsp3) is 0.286. The van der Waals surface area contributed by atoms with E-state index in [1.165, 1.54) is 0 Å². The molecule has 4 rings (SSSR count). The van der Waals surface area contributed by atoms with Gasteiger partial charge in [-0.2, -0.15) is 5.10 Å². The number of nitrogens with one attached hydrogen (secondary N) is 1. The number of carboxylic acid groups (broad SMARTS) is 1. The Morgan fingerprint density at radius 3 is 2.41 bits per heavy atom. The molecule has 3 aromatic rings. The fourth-order valence-corrected chi connectivity index (χ4v) is 3.87. The zero-order valence-corrected chi connectivity index (χ0v) is 14.9. The van der Waals surface area contributed by atoms with E-state index in [0.29, 0.717) is 38.0 Å². The number of aromatic nitrogens is 2. The second-order valence-corrected chi connectivity index (χ2v) is 7.16. The summed E-state index contributed by atoms with van der Waals surface area (Å²) in [6.07, 6.45) is 1.35. The van der Waals surface area contributed by atoms with E-state index in [4.69, 9.17) is 0 Å². The molecule has 1 aromatic heterocycles. The van der Waals surface area contributed by atoms with Crippen LogP contribution in [0.5, 0.6) is 0 Å². The van der Waals surface area contributed by atoms with Crippen molar-refractivity contribution in [2.45, 2.75) is 19.3 Å². The number of aromatic amines is 1. The first-order valence-corrected chi connectivity index (χ1v) is 9.09. The lowest BCUT2D eigenvalue weighted by molar-refractivity contribution is -0.151. The maximum Gasteiger partial charge on any atom is 0.310 e. The molecule has 1 aliphatic heterocycles. The number of hydrogen-bond acceptors (Lipinski definition) is 3. The summed E-state index contributed by atoms with van der Waals surface area (Å²) in [7, 11) is 0. The van der Waals surface area contributed by atoms with Crippen molar-refractivity contribution in [1.82, 2.24) is 15.1 Å². The smallest absolute Gasteiger partial charge is 0.310 e. The molecule has 0 atom stereocenters. The molecule has 2 N–H and O–H groups in total. The Hall–Kier alpha value is -3.15. The number of para-hydroxylation sites is 1. The highest BCUT2D eigenvalue weighted by Crippen LogP contribution is 2.36. The molecule has 1 saturated heterocycles. The predicted molar refractivity (Wildman–Crippen MR) is 101 cm³/mol. The number of likely N-dealkylation sites (tertiary alicyclic amines) is 1. The summed E-state index contributed by atoms with van der Waals surface area (Å²) in [5.74, 6) is -0.935. The molecule has 1 aliphatic rings. The van der Waals surface area contributed by atoms with Gasteiger partial charge in [0.2, 0.25) is 0 Å². The average molecular weight is 363 g/mol. The first-order valence-electron chi connectivity index (χ1n) is 9.09. The Labute approximate surface area is 156 Å². The van der Waals surface area contributed by atoms with Crippen LogP contribution >= 0.6 is 0 Å². The number of hydrogen-bond donors (Lipinski definition) is 2. The van der Waals surface area contributed by atoms with Gasteiger partial charge in [-0.05, 0) is 30.9 Å². The van der Waals surface area contributed by atoms with Gasteiger partial charge in [0.05, 0.1) is 10.9 Å². The molecule has 6 nitrogen and oxygen atoms in total. The van der Waals surface area contributed by atoms with Crippen LogP contribution in [0, 0.1) is 5.41 Å². The van der Waals surface area contributed by atoms with E-state index < -0.39 is 11.4 Å². The van der Waals surface area contributed by atoms with Gasteiger partial charge in [0.1, 0.15) is 0 Å². The molecule has 138 valence electrons. The third-order valence-electron chi connectivity index (χ3n) is 5.52. The van der Waals surface area contributed by atoms with E-state index >= 15 is 0 Å². The number of aliphatic carboxylic acids is 1. The van der Waals surface area contributed by atoms with Crippen molar-refractivity contribution in [2.75, 3.05) is 13.1 Å². The fourth-order valence-electron chi connectivity index (χ4n) is 3.87. The molecule has 0 radical (unpaired) electrons. The van der Waals surface area contributed by atoms with Crippen molar-refractivity contribution in [1.29, 1.82) is 0 Å². The van der Waals surface area contributed by atoms with Crippen molar-refractivity contribution in [3.05, 3.63) is 65.9 Å². The Balaban J connectivity index is 1.51. The van der Waals surface area contributed by atoms with Crippen LogP contribution in [-0.4, -0.2) is 45.2 Å². The Morgan fingerprint density at radius 1 is 1.04 bits per heavy atom. The van der Waals surface area contributed by atoms with Gasteiger partial charge in [0, 0.05) is 18.5 Å². The Bertz CT molecular complexity index is 973. The van der Waals surface area contributed by atoms with Crippen molar-refractivity contribution < 1.29 is 14.7 Å². The zero-order valence-electron chi connectivity index (χ0n) is 14.9. The van der Waals surface area contributed by atoms with Crippen LogP contribution in [0.4, 0.5) is 0 Å². The number of piperidine rings is 1. The van der Waals surface area contributed by atoms with E-state index in [1.807, 2.05) is 54.6 Å². The highest BCUT2D eigenvalue weighted by Gasteiger charge is 2.42. The predicted octanol–water partition coefficient (Wildman–Crippen LogP) is 3.11. The maximum absolute atomic E-state index is 12.9. The van der Waals surface area contributed by atoms with Crippen molar-refractivity contribution in [2.24, 2.45) is 5.41 Å². The van der Waals surface area contributed by atoms with Crippen LogP contribution < -0.4 is 0 Å². The minimum atomic E-state index is -0.828. The Kier molecular flexibility index (Phi) is 4.39. The summed E-state index contributed by atoms with van der Waals surface area (Å²) in [6, 6.07) is 17.2. The van der Waals surface area contributed by atoms with Gasteiger partial charge in [0.15, 0.2) is 5.69 Å². The van der Waals surface area contributed by atoms with Crippen LogP contribution in [0.15, 0.2) is 54.6 Å².